The summed E-state index contributed by atoms with van der Waals surface area (Å²) in [6.45, 7) is 7.42. The van der Waals surface area contributed by atoms with E-state index < -0.39 is 0 Å². The molecule has 0 aliphatic heterocycles. The van der Waals surface area contributed by atoms with Crippen LogP contribution in [0.3, 0.4) is 0 Å². The number of carbonyl (C=O) groups is 1. The molecule has 3 aromatic heterocycles. The molecule has 0 aliphatic carbocycles. The van der Waals surface area contributed by atoms with Gasteiger partial charge in [0.05, 0.1) is 35.6 Å². The minimum Gasteiger partial charge on any atom is -0.497 e. The Bertz CT molecular complexity index is 1260. The molecule has 0 radical (unpaired) electrons. The molecule has 0 fully saturated rings. The molecule has 8 nitrogen and oxygen atoms in total. The molecular formula is C24H28N6O2. The van der Waals surface area contributed by atoms with Crippen molar-refractivity contribution in [1.29, 1.82) is 0 Å². The van der Waals surface area contributed by atoms with Crippen molar-refractivity contribution in [3.05, 3.63) is 59.5 Å². The highest BCUT2D eigenvalue weighted by Gasteiger charge is 2.18. The fourth-order valence-corrected chi connectivity index (χ4v) is 3.79. The van der Waals surface area contributed by atoms with E-state index in [0.29, 0.717) is 23.4 Å². The van der Waals surface area contributed by atoms with Gasteiger partial charge in [0.1, 0.15) is 5.75 Å². The second kappa shape index (κ2) is 8.82. The van der Waals surface area contributed by atoms with E-state index in [9.17, 15) is 4.79 Å². The number of rotatable bonds is 7. The van der Waals surface area contributed by atoms with Crippen LogP contribution in [-0.2, 0) is 13.6 Å². The molecule has 0 saturated heterocycles. The first-order chi connectivity index (χ1) is 15.4. The van der Waals surface area contributed by atoms with Gasteiger partial charge in [-0.1, -0.05) is 6.92 Å². The van der Waals surface area contributed by atoms with Crippen molar-refractivity contribution in [3.8, 4) is 17.0 Å². The normalized spacial score (nSPS) is 12.2. The lowest BCUT2D eigenvalue weighted by atomic mass is 10.1. The number of pyridine rings is 1. The van der Waals surface area contributed by atoms with Gasteiger partial charge in [0.2, 0.25) is 0 Å². The van der Waals surface area contributed by atoms with Crippen molar-refractivity contribution in [2.75, 3.05) is 13.7 Å². The van der Waals surface area contributed by atoms with Crippen molar-refractivity contribution in [3.63, 3.8) is 0 Å². The average Bonchev–Trinajstić information content (AvgIpc) is 3.32. The number of hydrogen-bond donors (Lipinski definition) is 1. The Morgan fingerprint density at radius 3 is 2.59 bits per heavy atom. The summed E-state index contributed by atoms with van der Waals surface area (Å²) in [5.41, 5.74) is 4.97. The third-order valence-corrected chi connectivity index (χ3v) is 5.53. The predicted molar refractivity (Wildman–Crippen MR) is 124 cm³/mol. The van der Waals surface area contributed by atoms with Gasteiger partial charge < -0.3 is 10.1 Å². The quantitative estimate of drug-likeness (QED) is 0.483. The molecule has 1 atom stereocenters. The van der Waals surface area contributed by atoms with Gasteiger partial charge in [-0.05, 0) is 56.2 Å². The lowest BCUT2D eigenvalue weighted by Gasteiger charge is -2.15. The van der Waals surface area contributed by atoms with E-state index in [1.165, 1.54) is 0 Å². The highest BCUT2D eigenvalue weighted by molar-refractivity contribution is 6.06. The molecule has 8 heteroatoms. The summed E-state index contributed by atoms with van der Waals surface area (Å²) in [6, 6.07) is 11.5. The molecule has 1 amide bonds. The smallest absolute Gasteiger partial charge is 0.252 e. The molecule has 1 unspecified atom stereocenters. The molecule has 4 rings (SSSR count). The topological polar surface area (TPSA) is 86.9 Å². The molecule has 0 aliphatic rings. The van der Waals surface area contributed by atoms with Gasteiger partial charge in [0.25, 0.3) is 5.91 Å². The van der Waals surface area contributed by atoms with Crippen LogP contribution < -0.4 is 10.1 Å². The molecule has 4 aromatic rings. The number of nitrogens with zero attached hydrogens (tertiary/aromatic N) is 5. The van der Waals surface area contributed by atoms with Gasteiger partial charge in [-0.2, -0.15) is 10.2 Å². The first kappa shape index (κ1) is 21.5. The summed E-state index contributed by atoms with van der Waals surface area (Å²) >= 11 is 0. The lowest BCUT2D eigenvalue weighted by molar-refractivity contribution is 0.0948. The minimum absolute atomic E-state index is 0.139. The monoisotopic (exact) mass is 432 g/mol. The fourth-order valence-electron chi connectivity index (χ4n) is 3.79. The van der Waals surface area contributed by atoms with Gasteiger partial charge >= 0.3 is 0 Å². The molecule has 1 N–H and O–H groups in total. The van der Waals surface area contributed by atoms with E-state index in [1.54, 1.807) is 18.0 Å². The molecule has 0 saturated carbocycles. The van der Waals surface area contributed by atoms with Crippen LogP contribution in [-0.4, -0.2) is 44.1 Å². The van der Waals surface area contributed by atoms with E-state index in [2.05, 4.69) is 28.5 Å². The van der Waals surface area contributed by atoms with E-state index in [1.807, 2.05) is 55.9 Å². The average molecular weight is 433 g/mol. The van der Waals surface area contributed by atoms with E-state index in [4.69, 9.17) is 9.72 Å². The maximum absolute atomic E-state index is 13.2. The summed E-state index contributed by atoms with van der Waals surface area (Å²) < 4.78 is 8.92. The number of ether oxygens (including phenoxy) is 1. The molecule has 3 heterocycles. The number of amides is 1. The summed E-state index contributed by atoms with van der Waals surface area (Å²) in [4.78, 5) is 17.9. The van der Waals surface area contributed by atoms with Crippen LogP contribution in [0.5, 0.6) is 5.75 Å². The number of methoxy groups -OCH3 is 1. The SMILES string of the molecule is COc1ccc(-c2cc(C(=O)NCC(C)Cn3nc(C)cc3C)c3cnn(C)c3n2)cc1. The lowest BCUT2D eigenvalue weighted by Crippen LogP contribution is -2.30. The van der Waals surface area contributed by atoms with Gasteiger partial charge in [0.15, 0.2) is 5.65 Å². The highest BCUT2D eigenvalue weighted by atomic mass is 16.5. The summed E-state index contributed by atoms with van der Waals surface area (Å²) in [5, 5.41) is 12.6. The van der Waals surface area contributed by atoms with Crippen molar-refractivity contribution in [2.45, 2.75) is 27.3 Å². The predicted octanol–water partition coefficient (Wildman–Crippen LogP) is 3.52. The summed E-state index contributed by atoms with van der Waals surface area (Å²) in [7, 11) is 3.46. The van der Waals surface area contributed by atoms with E-state index >= 15 is 0 Å². The number of carbonyl (C=O) groups excluding carboxylic acids is 1. The van der Waals surface area contributed by atoms with Crippen molar-refractivity contribution in [2.24, 2.45) is 13.0 Å². The first-order valence-corrected chi connectivity index (χ1v) is 10.6. The molecular weight excluding hydrogens is 404 g/mol. The largest absolute Gasteiger partial charge is 0.497 e. The van der Waals surface area contributed by atoms with Crippen LogP contribution in [0.2, 0.25) is 0 Å². The van der Waals surface area contributed by atoms with Crippen molar-refractivity contribution in [1.82, 2.24) is 29.9 Å². The van der Waals surface area contributed by atoms with Gasteiger partial charge in [-0.15, -0.1) is 0 Å². The number of benzene rings is 1. The van der Waals surface area contributed by atoms with Crippen LogP contribution in [0, 0.1) is 19.8 Å². The maximum atomic E-state index is 13.2. The van der Waals surface area contributed by atoms with Crippen LogP contribution in [0.15, 0.2) is 42.6 Å². The number of aryl methyl sites for hydroxylation is 3. The maximum Gasteiger partial charge on any atom is 0.252 e. The van der Waals surface area contributed by atoms with Crippen molar-refractivity contribution >= 4 is 16.9 Å². The number of aromatic nitrogens is 5. The highest BCUT2D eigenvalue weighted by Crippen LogP contribution is 2.26. The molecule has 1 aromatic carbocycles. The Morgan fingerprint density at radius 1 is 1.19 bits per heavy atom. The van der Waals surface area contributed by atoms with Crippen LogP contribution in [0.1, 0.15) is 28.7 Å². The van der Waals surface area contributed by atoms with Gasteiger partial charge in [-0.25, -0.2) is 4.98 Å². The van der Waals surface area contributed by atoms with E-state index in [0.717, 1.165) is 34.6 Å². The molecule has 32 heavy (non-hydrogen) atoms. The van der Waals surface area contributed by atoms with Crippen molar-refractivity contribution < 1.29 is 9.53 Å². The first-order valence-electron chi connectivity index (χ1n) is 10.6. The fraction of sp³-hybridized carbons (Fsp3) is 0.333. The van der Waals surface area contributed by atoms with Crippen LogP contribution in [0.4, 0.5) is 0 Å². The second-order valence-electron chi connectivity index (χ2n) is 8.21. The minimum atomic E-state index is -0.139. The zero-order valence-electron chi connectivity index (χ0n) is 19.1. The zero-order valence-corrected chi connectivity index (χ0v) is 19.1. The van der Waals surface area contributed by atoms with Gasteiger partial charge in [0, 0.05) is 31.4 Å². The van der Waals surface area contributed by atoms with Gasteiger partial charge in [-0.3, -0.25) is 14.2 Å². The number of hydrogen-bond acceptors (Lipinski definition) is 5. The third kappa shape index (κ3) is 4.34. The number of fused-ring (bicyclic) bond motifs is 1. The molecule has 166 valence electrons. The Labute approximate surface area is 187 Å². The Morgan fingerprint density at radius 2 is 1.94 bits per heavy atom. The summed E-state index contributed by atoms with van der Waals surface area (Å²) in [6.07, 6.45) is 1.69. The second-order valence-corrected chi connectivity index (χ2v) is 8.21. The number of nitrogens with one attached hydrogen (secondary N) is 1. The standard InChI is InChI=1S/C24H28N6O2/c1-15(14-30-17(3)10-16(2)28-30)12-25-24(31)20-11-22(18-6-8-19(32-5)9-7-18)27-23-21(20)13-26-29(23)4/h6-11,13,15H,12,14H2,1-5H3,(H,25,31). The molecule has 0 spiro atoms. The molecule has 0 bridgehead atoms. The zero-order chi connectivity index (χ0) is 22.8. The third-order valence-electron chi connectivity index (χ3n) is 5.53. The Balaban J connectivity index is 1.56. The van der Waals surface area contributed by atoms with Crippen LogP contribution in [0.25, 0.3) is 22.3 Å². The Kier molecular flexibility index (Phi) is 5.94. The van der Waals surface area contributed by atoms with Crippen LogP contribution >= 0.6 is 0 Å². The summed E-state index contributed by atoms with van der Waals surface area (Å²) in [5.74, 6) is 0.856. The van der Waals surface area contributed by atoms with E-state index in [-0.39, 0.29) is 11.8 Å². The Hall–Kier alpha value is -3.68.